The average molecular weight is 188 g/mol. The van der Waals surface area contributed by atoms with E-state index in [-0.39, 0.29) is 6.09 Å². The number of rotatable bonds is 3. The van der Waals surface area contributed by atoms with Crippen LogP contribution in [-0.4, -0.2) is 57.5 Å². The Balaban J connectivity index is 2.13. The highest BCUT2D eigenvalue weighted by Crippen LogP contribution is 1.99. The van der Waals surface area contributed by atoms with E-state index in [0.717, 1.165) is 0 Å². The highest BCUT2D eigenvalue weighted by molar-refractivity contribution is 5.67. The molecular formula is C8H16N2O3. The van der Waals surface area contributed by atoms with Gasteiger partial charge in [0.05, 0.1) is 13.2 Å². The summed E-state index contributed by atoms with van der Waals surface area (Å²) in [5, 5.41) is 2.91. The van der Waals surface area contributed by atoms with Crippen LogP contribution in [0.4, 0.5) is 4.79 Å². The molecule has 1 amide bonds. The lowest BCUT2D eigenvalue weighted by molar-refractivity contribution is 0.0276. The Morgan fingerprint density at radius 2 is 2.23 bits per heavy atom. The number of hydrogen-bond donors (Lipinski definition) is 1. The van der Waals surface area contributed by atoms with E-state index in [1.165, 1.54) is 0 Å². The summed E-state index contributed by atoms with van der Waals surface area (Å²) in [6.45, 7) is 3.61. The summed E-state index contributed by atoms with van der Waals surface area (Å²) < 4.78 is 10.1. The third kappa shape index (κ3) is 3.61. The number of morpholine rings is 1. The van der Waals surface area contributed by atoms with Crippen LogP contribution in [-0.2, 0) is 9.47 Å². The number of amides is 1. The fourth-order valence-corrected chi connectivity index (χ4v) is 1.08. The first-order valence-corrected chi connectivity index (χ1v) is 4.48. The van der Waals surface area contributed by atoms with E-state index in [0.29, 0.717) is 39.5 Å². The third-order valence-electron chi connectivity index (χ3n) is 1.85. The monoisotopic (exact) mass is 188 g/mol. The van der Waals surface area contributed by atoms with E-state index in [1.54, 1.807) is 4.90 Å². The van der Waals surface area contributed by atoms with Crippen LogP contribution in [0.1, 0.15) is 0 Å². The molecule has 1 aliphatic rings. The van der Waals surface area contributed by atoms with E-state index < -0.39 is 0 Å². The van der Waals surface area contributed by atoms with Gasteiger partial charge in [0.2, 0.25) is 0 Å². The van der Waals surface area contributed by atoms with Gasteiger partial charge in [-0.15, -0.1) is 0 Å². The molecule has 0 aromatic rings. The van der Waals surface area contributed by atoms with Crippen molar-refractivity contribution in [3.05, 3.63) is 0 Å². The van der Waals surface area contributed by atoms with Gasteiger partial charge in [-0.1, -0.05) is 0 Å². The molecule has 0 unspecified atom stereocenters. The van der Waals surface area contributed by atoms with Crippen molar-refractivity contribution in [1.29, 1.82) is 0 Å². The SMILES string of the molecule is CNCCOC(=O)N1CCOCC1. The topological polar surface area (TPSA) is 50.8 Å². The van der Waals surface area contributed by atoms with Crippen LogP contribution in [0.25, 0.3) is 0 Å². The highest BCUT2D eigenvalue weighted by Gasteiger charge is 2.17. The Bertz CT molecular complexity index is 157. The van der Waals surface area contributed by atoms with Crippen LogP contribution < -0.4 is 5.32 Å². The average Bonchev–Trinajstić information content (AvgIpc) is 2.19. The zero-order chi connectivity index (χ0) is 9.52. The standard InChI is InChI=1S/C8H16N2O3/c1-9-2-5-13-8(11)10-3-6-12-7-4-10/h9H,2-7H2,1H3. The van der Waals surface area contributed by atoms with Gasteiger partial charge in [0.1, 0.15) is 6.61 Å². The smallest absolute Gasteiger partial charge is 0.409 e. The quantitative estimate of drug-likeness (QED) is 0.616. The van der Waals surface area contributed by atoms with Crippen molar-refractivity contribution in [2.24, 2.45) is 0 Å². The van der Waals surface area contributed by atoms with Crippen molar-refractivity contribution in [1.82, 2.24) is 10.2 Å². The van der Waals surface area contributed by atoms with E-state index in [4.69, 9.17) is 9.47 Å². The molecule has 0 saturated carbocycles. The van der Waals surface area contributed by atoms with Crippen LogP contribution in [0.2, 0.25) is 0 Å². The Kier molecular flexibility index (Phi) is 4.56. The lowest BCUT2D eigenvalue weighted by Gasteiger charge is -2.25. The van der Waals surface area contributed by atoms with Gasteiger partial charge in [-0.25, -0.2) is 4.79 Å². The summed E-state index contributed by atoms with van der Waals surface area (Å²) >= 11 is 0. The maximum atomic E-state index is 11.3. The summed E-state index contributed by atoms with van der Waals surface area (Å²) in [4.78, 5) is 13.0. The van der Waals surface area contributed by atoms with Crippen LogP contribution in [0.5, 0.6) is 0 Å². The first kappa shape index (κ1) is 10.3. The summed E-state index contributed by atoms with van der Waals surface area (Å²) in [5.41, 5.74) is 0. The molecule has 0 spiro atoms. The number of ether oxygens (including phenoxy) is 2. The predicted octanol–water partition coefficient (Wildman–Crippen LogP) is -0.325. The van der Waals surface area contributed by atoms with Gasteiger partial charge in [-0.05, 0) is 7.05 Å². The Morgan fingerprint density at radius 1 is 1.54 bits per heavy atom. The van der Waals surface area contributed by atoms with Crippen LogP contribution in [0, 0.1) is 0 Å². The molecule has 76 valence electrons. The van der Waals surface area contributed by atoms with Gasteiger partial charge in [0.15, 0.2) is 0 Å². The number of nitrogens with zero attached hydrogens (tertiary/aromatic N) is 1. The second-order valence-corrected chi connectivity index (χ2v) is 2.82. The molecule has 0 radical (unpaired) electrons. The molecule has 0 aliphatic carbocycles. The van der Waals surface area contributed by atoms with E-state index in [1.807, 2.05) is 7.05 Å². The first-order valence-electron chi connectivity index (χ1n) is 4.48. The van der Waals surface area contributed by atoms with E-state index in [9.17, 15) is 4.79 Å². The molecule has 0 aromatic heterocycles. The van der Waals surface area contributed by atoms with Crippen molar-refractivity contribution in [3.63, 3.8) is 0 Å². The molecule has 5 nitrogen and oxygen atoms in total. The van der Waals surface area contributed by atoms with Crippen molar-refractivity contribution >= 4 is 6.09 Å². The molecule has 1 rings (SSSR count). The maximum Gasteiger partial charge on any atom is 0.409 e. The Morgan fingerprint density at radius 3 is 2.85 bits per heavy atom. The first-order chi connectivity index (χ1) is 6.34. The number of hydrogen-bond acceptors (Lipinski definition) is 4. The zero-order valence-corrected chi connectivity index (χ0v) is 7.91. The highest BCUT2D eigenvalue weighted by atomic mass is 16.6. The molecule has 0 aromatic carbocycles. The van der Waals surface area contributed by atoms with Crippen molar-refractivity contribution in [2.45, 2.75) is 0 Å². The van der Waals surface area contributed by atoms with Gasteiger partial charge >= 0.3 is 6.09 Å². The molecule has 1 aliphatic heterocycles. The molecule has 5 heteroatoms. The number of carbonyl (C=O) groups is 1. The minimum Gasteiger partial charge on any atom is -0.448 e. The van der Waals surface area contributed by atoms with Crippen molar-refractivity contribution in [2.75, 3.05) is 46.5 Å². The maximum absolute atomic E-state index is 11.3. The van der Waals surface area contributed by atoms with Crippen molar-refractivity contribution in [3.8, 4) is 0 Å². The van der Waals surface area contributed by atoms with Crippen molar-refractivity contribution < 1.29 is 14.3 Å². The molecule has 1 N–H and O–H groups in total. The predicted molar refractivity (Wildman–Crippen MR) is 47.7 cm³/mol. The summed E-state index contributed by atoms with van der Waals surface area (Å²) in [5.74, 6) is 0. The molecule has 1 heterocycles. The lowest BCUT2D eigenvalue weighted by Crippen LogP contribution is -2.41. The second-order valence-electron chi connectivity index (χ2n) is 2.82. The minimum atomic E-state index is -0.237. The summed E-state index contributed by atoms with van der Waals surface area (Å²) in [6, 6.07) is 0. The fraction of sp³-hybridized carbons (Fsp3) is 0.875. The molecule has 13 heavy (non-hydrogen) atoms. The molecule has 1 saturated heterocycles. The summed E-state index contributed by atoms with van der Waals surface area (Å²) in [7, 11) is 1.82. The summed E-state index contributed by atoms with van der Waals surface area (Å²) in [6.07, 6.45) is -0.237. The van der Waals surface area contributed by atoms with E-state index >= 15 is 0 Å². The Labute approximate surface area is 78.0 Å². The van der Waals surface area contributed by atoms with Crippen LogP contribution >= 0.6 is 0 Å². The second kappa shape index (κ2) is 5.77. The fourth-order valence-electron chi connectivity index (χ4n) is 1.08. The third-order valence-corrected chi connectivity index (χ3v) is 1.85. The normalized spacial score (nSPS) is 17.2. The Hall–Kier alpha value is -0.810. The van der Waals surface area contributed by atoms with Gasteiger partial charge in [-0.3, -0.25) is 0 Å². The van der Waals surface area contributed by atoms with Crippen LogP contribution in [0.15, 0.2) is 0 Å². The van der Waals surface area contributed by atoms with Gasteiger partial charge in [0, 0.05) is 19.6 Å². The molecule has 0 bridgehead atoms. The molecule has 1 fully saturated rings. The largest absolute Gasteiger partial charge is 0.448 e. The number of carbonyl (C=O) groups excluding carboxylic acids is 1. The molecular weight excluding hydrogens is 172 g/mol. The van der Waals surface area contributed by atoms with Crippen LogP contribution in [0.3, 0.4) is 0 Å². The van der Waals surface area contributed by atoms with Gasteiger partial charge < -0.3 is 19.7 Å². The lowest BCUT2D eigenvalue weighted by atomic mass is 10.5. The van der Waals surface area contributed by atoms with Gasteiger partial charge in [-0.2, -0.15) is 0 Å². The van der Waals surface area contributed by atoms with Gasteiger partial charge in [0.25, 0.3) is 0 Å². The zero-order valence-electron chi connectivity index (χ0n) is 7.91. The number of nitrogens with one attached hydrogen (secondary N) is 1. The number of likely N-dealkylation sites (N-methyl/N-ethyl adjacent to an activating group) is 1. The van der Waals surface area contributed by atoms with E-state index in [2.05, 4.69) is 5.32 Å². The molecule has 0 atom stereocenters. The minimum absolute atomic E-state index is 0.237.